The number of carbonyl (C=O) groups excluding carboxylic acids is 2. The first-order valence-corrected chi connectivity index (χ1v) is 6.61. The molecule has 0 radical (unpaired) electrons. The van der Waals surface area contributed by atoms with Crippen LogP contribution in [0.4, 0.5) is 5.82 Å². The summed E-state index contributed by atoms with van der Waals surface area (Å²) in [6.07, 6.45) is 3.65. The lowest BCUT2D eigenvalue weighted by Gasteiger charge is -2.11. The van der Waals surface area contributed by atoms with Gasteiger partial charge in [0.1, 0.15) is 0 Å². The summed E-state index contributed by atoms with van der Waals surface area (Å²) in [5.41, 5.74) is 1.68. The molecule has 1 amide bonds. The number of H-pyrrole nitrogens is 1. The SMILES string of the molecule is COc1ccc(NC(=O)c2c[nH]c3c2C(=O)CCC3)nn1. The van der Waals surface area contributed by atoms with E-state index in [9.17, 15) is 9.59 Å². The molecule has 2 N–H and O–H groups in total. The first-order valence-electron chi connectivity index (χ1n) is 6.61. The Hall–Kier alpha value is -2.70. The van der Waals surface area contributed by atoms with Crippen LogP contribution in [0.3, 0.4) is 0 Å². The number of amides is 1. The number of nitrogens with zero attached hydrogens (tertiary/aromatic N) is 2. The van der Waals surface area contributed by atoms with Crippen LogP contribution in [0.1, 0.15) is 39.3 Å². The van der Waals surface area contributed by atoms with Gasteiger partial charge in [-0.2, -0.15) is 0 Å². The van der Waals surface area contributed by atoms with Gasteiger partial charge in [-0.05, 0) is 18.9 Å². The molecule has 0 bridgehead atoms. The van der Waals surface area contributed by atoms with E-state index in [0.29, 0.717) is 29.2 Å². The zero-order valence-corrected chi connectivity index (χ0v) is 11.5. The number of aromatic nitrogens is 3. The van der Waals surface area contributed by atoms with Gasteiger partial charge < -0.3 is 15.0 Å². The van der Waals surface area contributed by atoms with Gasteiger partial charge in [0.2, 0.25) is 5.88 Å². The summed E-state index contributed by atoms with van der Waals surface area (Å²) in [6, 6.07) is 3.19. The van der Waals surface area contributed by atoms with Crippen molar-refractivity contribution < 1.29 is 14.3 Å². The van der Waals surface area contributed by atoms with Crippen molar-refractivity contribution in [1.82, 2.24) is 15.2 Å². The molecule has 108 valence electrons. The summed E-state index contributed by atoms with van der Waals surface area (Å²) < 4.78 is 4.90. The van der Waals surface area contributed by atoms with Gasteiger partial charge >= 0.3 is 0 Å². The molecular weight excluding hydrogens is 272 g/mol. The summed E-state index contributed by atoms with van der Waals surface area (Å²) in [4.78, 5) is 27.2. The van der Waals surface area contributed by atoms with E-state index in [1.165, 1.54) is 7.11 Å². The Balaban J connectivity index is 1.82. The number of nitrogens with one attached hydrogen (secondary N) is 2. The maximum Gasteiger partial charge on any atom is 0.259 e. The minimum Gasteiger partial charge on any atom is -0.480 e. The molecule has 0 saturated carbocycles. The van der Waals surface area contributed by atoms with Crippen molar-refractivity contribution in [3.8, 4) is 5.88 Å². The van der Waals surface area contributed by atoms with Crippen LogP contribution < -0.4 is 10.1 Å². The monoisotopic (exact) mass is 286 g/mol. The van der Waals surface area contributed by atoms with Crippen LogP contribution in [0.25, 0.3) is 0 Å². The molecule has 0 spiro atoms. The van der Waals surface area contributed by atoms with Gasteiger partial charge in [0, 0.05) is 24.4 Å². The fraction of sp³-hybridized carbons (Fsp3) is 0.286. The number of anilines is 1. The summed E-state index contributed by atoms with van der Waals surface area (Å²) >= 11 is 0. The normalized spacial score (nSPS) is 13.7. The Morgan fingerprint density at radius 1 is 1.33 bits per heavy atom. The highest BCUT2D eigenvalue weighted by Gasteiger charge is 2.26. The average Bonchev–Trinajstić information content (AvgIpc) is 2.93. The van der Waals surface area contributed by atoms with Gasteiger partial charge in [-0.15, -0.1) is 10.2 Å². The van der Waals surface area contributed by atoms with Crippen LogP contribution in [0.2, 0.25) is 0 Å². The minimum absolute atomic E-state index is 0.00321. The highest BCUT2D eigenvalue weighted by Crippen LogP contribution is 2.24. The number of hydrogen-bond acceptors (Lipinski definition) is 5. The Bertz CT molecular complexity index is 691. The molecule has 2 aromatic rings. The van der Waals surface area contributed by atoms with E-state index < -0.39 is 0 Å². The molecule has 0 unspecified atom stereocenters. The van der Waals surface area contributed by atoms with E-state index in [2.05, 4.69) is 20.5 Å². The quantitative estimate of drug-likeness (QED) is 0.893. The lowest BCUT2D eigenvalue weighted by molar-refractivity contribution is 0.0956. The van der Waals surface area contributed by atoms with E-state index >= 15 is 0 Å². The molecule has 3 rings (SSSR count). The van der Waals surface area contributed by atoms with Crippen LogP contribution in [0.15, 0.2) is 18.3 Å². The molecule has 0 aliphatic heterocycles. The zero-order chi connectivity index (χ0) is 14.8. The highest BCUT2D eigenvalue weighted by molar-refractivity contribution is 6.13. The zero-order valence-electron chi connectivity index (χ0n) is 11.5. The predicted octanol–water partition coefficient (Wildman–Crippen LogP) is 1.58. The number of carbonyl (C=O) groups is 2. The fourth-order valence-corrected chi connectivity index (χ4v) is 2.39. The van der Waals surface area contributed by atoms with Crippen LogP contribution in [0, 0.1) is 0 Å². The first kappa shape index (κ1) is 13.3. The van der Waals surface area contributed by atoms with Gasteiger partial charge in [-0.25, -0.2) is 0 Å². The predicted molar refractivity (Wildman–Crippen MR) is 74.6 cm³/mol. The van der Waals surface area contributed by atoms with E-state index in [1.54, 1.807) is 18.3 Å². The van der Waals surface area contributed by atoms with E-state index in [1.807, 2.05) is 0 Å². The maximum atomic E-state index is 12.3. The van der Waals surface area contributed by atoms with Crippen molar-refractivity contribution in [2.24, 2.45) is 0 Å². The van der Waals surface area contributed by atoms with E-state index in [0.717, 1.165) is 18.5 Å². The number of ketones is 1. The van der Waals surface area contributed by atoms with Crippen LogP contribution in [-0.4, -0.2) is 34.0 Å². The molecule has 1 aliphatic rings. The number of Topliss-reactive ketones (excluding diaryl/α,β-unsaturated/α-hetero) is 1. The molecule has 0 aromatic carbocycles. The molecule has 2 aromatic heterocycles. The third-order valence-electron chi connectivity index (χ3n) is 3.41. The van der Waals surface area contributed by atoms with Crippen molar-refractivity contribution in [3.63, 3.8) is 0 Å². The molecule has 7 nitrogen and oxygen atoms in total. The van der Waals surface area contributed by atoms with Gasteiger partial charge in [-0.1, -0.05) is 0 Å². The topological polar surface area (TPSA) is 97.0 Å². The number of methoxy groups -OCH3 is 1. The second-order valence-corrected chi connectivity index (χ2v) is 4.75. The van der Waals surface area contributed by atoms with Crippen molar-refractivity contribution in [1.29, 1.82) is 0 Å². The molecule has 1 aliphatic carbocycles. The number of aromatic amines is 1. The van der Waals surface area contributed by atoms with Crippen molar-refractivity contribution in [2.75, 3.05) is 12.4 Å². The smallest absolute Gasteiger partial charge is 0.259 e. The van der Waals surface area contributed by atoms with E-state index in [4.69, 9.17) is 4.74 Å². The second-order valence-electron chi connectivity index (χ2n) is 4.75. The molecule has 2 heterocycles. The Labute approximate surface area is 120 Å². The minimum atomic E-state index is -0.373. The Morgan fingerprint density at radius 2 is 2.19 bits per heavy atom. The summed E-state index contributed by atoms with van der Waals surface area (Å²) in [7, 11) is 1.49. The standard InChI is InChI=1S/C14H14N4O3/c1-21-12-6-5-11(17-18-12)16-14(20)8-7-15-9-3-2-4-10(19)13(8)9/h5-7,15H,2-4H2,1H3,(H,16,17,20). The number of rotatable bonds is 3. The molecule has 7 heteroatoms. The lowest BCUT2D eigenvalue weighted by Crippen LogP contribution is -2.18. The number of fused-ring (bicyclic) bond motifs is 1. The molecule has 0 fully saturated rings. The van der Waals surface area contributed by atoms with Crippen LogP contribution in [0.5, 0.6) is 5.88 Å². The number of hydrogen-bond donors (Lipinski definition) is 2. The van der Waals surface area contributed by atoms with Gasteiger partial charge in [0.25, 0.3) is 5.91 Å². The maximum absolute atomic E-state index is 12.3. The molecular formula is C14H14N4O3. The summed E-state index contributed by atoms with van der Waals surface area (Å²) in [5.74, 6) is 0.298. The second kappa shape index (κ2) is 5.35. The molecule has 0 saturated heterocycles. The largest absolute Gasteiger partial charge is 0.480 e. The highest BCUT2D eigenvalue weighted by atomic mass is 16.5. The third kappa shape index (κ3) is 2.49. The Kier molecular flexibility index (Phi) is 3.39. The number of aryl methyl sites for hydroxylation is 1. The molecule has 21 heavy (non-hydrogen) atoms. The Morgan fingerprint density at radius 3 is 2.90 bits per heavy atom. The van der Waals surface area contributed by atoms with Crippen molar-refractivity contribution in [2.45, 2.75) is 19.3 Å². The van der Waals surface area contributed by atoms with Crippen molar-refractivity contribution in [3.05, 3.63) is 35.2 Å². The van der Waals surface area contributed by atoms with Gasteiger partial charge in [-0.3, -0.25) is 9.59 Å². The van der Waals surface area contributed by atoms with Gasteiger partial charge in [0.05, 0.1) is 18.2 Å². The van der Waals surface area contributed by atoms with Crippen molar-refractivity contribution >= 4 is 17.5 Å². The lowest BCUT2D eigenvalue weighted by atomic mass is 9.93. The number of ether oxygens (including phenoxy) is 1. The van der Waals surface area contributed by atoms with Crippen LogP contribution in [-0.2, 0) is 6.42 Å². The first-order chi connectivity index (χ1) is 10.2. The van der Waals surface area contributed by atoms with Crippen LogP contribution >= 0.6 is 0 Å². The third-order valence-corrected chi connectivity index (χ3v) is 3.41. The van der Waals surface area contributed by atoms with Gasteiger partial charge in [0.15, 0.2) is 11.6 Å². The van der Waals surface area contributed by atoms with E-state index in [-0.39, 0.29) is 11.7 Å². The average molecular weight is 286 g/mol. The summed E-state index contributed by atoms with van der Waals surface area (Å²) in [6.45, 7) is 0. The molecule has 0 atom stereocenters. The summed E-state index contributed by atoms with van der Waals surface area (Å²) in [5, 5.41) is 10.2. The fourth-order valence-electron chi connectivity index (χ4n) is 2.39.